The highest BCUT2D eigenvalue weighted by Gasteiger charge is 2.13. The van der Waals surface area contributed by atoms with Crippen LogP contribution in [0.2, 0.25) is 0 Å². The standard InChI is InChI=1S/C15H20N4/c1-11-14(10-19(2)18-11)9-16-8-13-5-3-4-12-6-7-17-15(12)13/h3-5,10,16-17H,6-9H2,1-2H3. The third-order valence-electron chi connectivity index (χ3n) is 3.68. The van der Waals surface area contributed by atoms with Gasteiger partial charge in [-0.05, 0) is 24.5 Å². The number of benzene rings is 1. The maximum absolute atomic E-state index is 4.36. The number of fused-ring (bicyclic) bond motifs is 1. The van der Waals surface area contributed by atoms with Crippen molar-refractivity contribution in [2.24, 2.45) is 7.05 Å². The number of aromatic nitrogens is 2. The molecule has 0 radical (unpaired) electrons. The zero-order valence-corrected chi connectivity index (χ0v) is 11.5. The Morgan fingerprint density at radius 1 is 1.32 bits per heavy atom. The van der Waals surface area contributed by atoms with E-state index in [1.54, 1.807) is 0 Å². The summed E-state index contributed by atoms with van der Waals surface area (Å²) in [5, 5.41) is 11.3. The molecule has 4 nitrogen and oxygen atoms in total. The van der Waals surface area contributed by atoms with Gasteiger partial charge in [0.15, 0.2) is 0 Å². The minimum Gasteiger partial charge on any atom is -0.384 e. The summed E-state index contributed by atoms with van der Waals surface area (Å²) in [4.78, 5) is 0. The summed E-state index contributed by atoms with van der Waals surface area (Å²) in [6.07, 6.45) is 3.22. The minimum absolute atomic E-state index is 0.864. The Balaban J connectivity index is 1.64. The molecular formula is C15H20N4. The van der Waals surface area contributed by atoms with E-state index >= 15 is 0 Å². The van der Waals surface area contributed by atoms with Crippen LogP contribution >= 0.6 is 0 Å². The summed E-state index contributed by atoms with van der Waals surface area (Å²) in [7, 11) is 1.96. The van der Waals surface area contributed by atoms with Crippen molar-refractivity contribution in [2.45, 2.75) is 26.4 Å². The molecule has 0 aliphatic carbocycles. The van der Waals surface area contributed by atoms with Gasteiger partial charge in [-0.1, -0.05) is 18.2 Å². The Kier molecular flexibility index (Phi) is 3.25. The van der Waals surface area contributed by atoms with E-state index in [9.17, 15) is 0 Å². The first-order chi connectivity index (χ1) is 9.24. The predicted octanol–water partition coefficient (Wildman–Crippen LogP) is 1.99. The van der Waals surface area contributed by atoms with Crippen LogP contribution in [0.5, 0.6) is 0 Å². The molecule has 19 heavy (non-hydrogen) atoms. The van der Waals surface area contributed by atoms with Gasteiger partial charge in [0.05, 0.1) is 5.69 Å². The molecule has 1 aliphatic heterocycles. The van der Waals surface area contributed by atoms with Crippen molar-refractivity contribution in [3.05, 3.63) is 46.8 Å². The fraction of sp³-hybridized carbons (Fsp3) is 0.400. The van der Waals surface area contributed by atoms with E-state index in [2.05, 4.69) is 47.1 Å². The zero-order chi connectivity index (χ0) is 13.2. The van der Waals surface area contributed by atoms with Gasteiger partial charge in [0.2, 0.25) is 0 Å². The maximum atomic E-state index is 4.36. The van der Waals surface area contributed by atoms with Crippen molar-refractivity contribution >= 4 is 5.69 Å². The van der Waals surface area contributed by atoms with Crippen molar-refractivity contribution in [1.29, 1.82) is 0 Å². The van der Waals surface area contributed by atoms with E-state index < -0.39 is 0 Å². The maximum Gasteiger partial charge on any atom is 0.0638 e. The topological polar surface area (TPSA) is 41.9 Å². The van der Waals surface area contributed by atoms with E-state index in [4.69, 9.17) is 0 Å². The van der Waals surface area contributed by atoms with E-state index in [-0.39, 0.29) is 0 Å². The fourth-order valence-electron chi connectivity index (χ4n) is 2.71. The third kappa shape index (κ3) is 2.49. The number of nitrogens with one attached hydrogen (secondary N) is 2. The van der Waals surface area contributed by atoms with Gasteiger partial charge >= 0.3 is 0 Å². The molecule has 100 valence electrons. The Morgan fingerprint density at radius 2 is 2.16 bits per heavy atom. The molecule has 0 atom stereocenters. The molecule has 2 heterocycles. The number of aryl methyl sites for hydroxylation is 2. The summed E-state index contributed by atoms with van der Waals surface area (Å²) in [5.74, 6) is 0. The molecule has 0 saturated carbocycles. The van der Waals surface area contributed by atoms with Gasteiger partial charge in [-0.3, -0.25) is 4.68 Å². The number of anilines is 1. The first kappa shape index (κ1) is 12.2. The average Bonchev–Trinajstić information content (AvgIpc) is 2.97. The highest BCUT2D eigenvalue weighted by Crippen LogP contribution is 2.26. The summed E-state index contributed by atoms with van der Waals surface area (Å²) in [6.45, 7) is 4.88. The first-order valence-corrected chi connectivity index (χ1v) is 6.78. The fourth-order valence-corrected chi connectivity index (χ4v) is 2.71. The molecule has 3 rings (SSSR count). The minimum atomic E-state index is 0.864. The Hall–Kier alpha value is -1.81. The summed E-state index contributed by atoms with van der Waals surface area (Å²) in [6, 6.07) is 6.56. The van der Waals surface area contributed by atoms with Crippen molar-refractivity contribution in [2.75, 3.05) is 11.9 Å². The van der Waals surface area contributed by atoms with Crippen LogP contribution in [-0.4, -0.2) is 16.3 Å². The monoisotopic (exact) mass is 256 g/mol. The number of nitrogens with zero attached hydrogens (tertiary/aromatic N) is 2. The lowest BCUT2D eigenvalue weighted by molar-refractivity contribution is 0.691. The molecule has 0 fully saturated rings. The van der Waals surface area contributed by atoms with Crippen molar-refractivity contribution in [3.8, 4) is 0 Å². The summed E-state index contributed by atoms with van der Waals surface area (Å²) in [5.41, 5.74) is 6.50. The van der Waals surface area contributed by atoms with Gasteiger partial charge in [0.25, 0.3) is 0 Å². The highest BCUT2D eigenvalue weighted by molar-refractivity contribution is 5.61. The number of para-hydroxylation sites is 1. The van der Waals surface area contributed by atoms with Crippen LogP contribution in [0.15, 0.2) is 24.4 Å². The van der Waals surface area contributed by atoms with Crippen LogP contribution in [0.3, 0.4) is 0 Å². The molecule has 2 aromatic rings. The molecule has 0 saturated heterocycles. The Labute approximate surface area is 113 Å². The van der Waals surface area contributed by atoms with Crippen LogP contribution in [-0.2, 0) is 26.6 Å². The molecule has 0 amide bonds. The number of hydrogen-bond donors (Lipinski definition) is 2. The molecule has 4 heteroatoms. The van der Waals surface area contributed by atoms with E-state index in [0.29, 0.717) is 0 Å². The molecular weight excluding hydrogens is 236 g/mol. The smallest absolute Gasteiger partial charge is 0.0638 e. The largest absolute Gasteiger partial charge is 0.384 e. The van der Waals surface area contributed by atoms with Gasteiger partial charge in [0.1, 0.15) is 0 Å². The van der Waals surface area contributed by atoms with Gasteiger partial charge in [0, 0.05) is 44.1 Å². The molecule has 0 bridgehead atoms. The second-order valence-electron chi connectivity index (χ2n) is 5.15. The predicted molar refractivity (Wildman–Crippen MR) is 77.1 cm³/mol. The van der Waals surface area contributed by atoms with Crippen molar-refractivity contribution in [3.63, 3.8) is 0 Å². The summed E-state index contributed by atoms with van der Waals surface area (Å²) < 4.78 is 1.87. The summed E-state index contributed by atoms with van der Waals surface area (Å²) >= 11 is 0. The average molecular weight is 256 g/mol. The second-order valence-corrected chi connectivity index (χ2v) is 5.15. The van der Waals surface area contributed by atoms with Gasteiger partial charge in [-0.2, -0.15) is 5.10 Å². The van der Waals surface area contributed by atoms with Gasteiger partial charge < -0.3 is 10.6 Å². The molecule has 1 aromatic heterocycles. The van der Waals surface area contributed by atoms with Crippen LogP contribution in [0.25, 0.3) is 0 Å². The molecule has 0 spiro atoms. The molecule has 1 aromatic carbocycles. The van der Waals surface area contributed by atoms with Crippen LogP contribution in [0.1, 0.15) is 22.4 Å². The van der Waals surface area contributed by atoms with Gasteiger partial charge in [-0.15, -0.1) is 0 Å². The lowest BCUT2D eigenvalue weighted by Gasteiger charge is -2.09. The van der Waals surface area contributed by atoms with E-state index in [1.807, 2.05) is 11.7 Å². The number of rotatable bonds is 4. The first-order valence-electron chi connectivity index (χ1n) is 6.78. The Morgan fingerprint density at radius 3 is 2.95 bits per heavy atom. The SMILES string of the molecule is Cc1nn(C)cc1CNCc1cccc2c1NCC2. The van der Waals surface area contributed by atoms with Crippen molar-refractivity contribution < 1.29 is 0 Å². The highest BCUT2D eigenvalue weighted by atomic mass is 15.2. The van der Waals surface area contributed by atoms with Crippen LogP contribution < -0.4 is 10.6 Å². The molecule has 2 N–H and O–H groups in total. The number of hydrogen-bond acceptors (Lipinski definition) is 3. The lowest BCUT2D eigenvalue weighted by atomic mass is 10.1. The Bertz CT molecular complexity index is 586. The lowest BCUT2D eigenvalue weighted by Crippen LogP contribution is -2.14. The zero-order valence-electron chi connectivity index (χ0n) is 11.5. The van der Waals surface area contributed by atoms with E-state index in [1.165, 1.54) is 22.4 Å². The van der Waals surface area contributed by atoms with Crippen LogP contribution in [0, 0.1) is 6.92 Å². The second kappa shape index (κ2) is 5.05. The molecule has 1 aliphatic rings. The molecule has 0 unspecified atom stereocenters. The van der Waals surface area contributed by atoms with Gasteiger partial charge in [-0.25, -0.2) is 0 Å². The van der Waals surface area contributed by atoms with E-state index in [0.717, 1.165) is 31.7 Å². The normalized spacial score (nSPS) is 13.4. The quantitative estimate of drug-likeness (QED) is 0.879. The third-order valence-corrected chi connectivity index (χ3v) is 3.68. The van der Waals surface area contributed by atoms with Crippen LogP contribution in [0.4, 0.5) is 5.69 Å². The van der Waals surface area contributed by atoms with Crippen molar-refractivity contribution in [1.82, 2.24) is 15.1 Å².